The van der Waals surface area contributed by atoms with E-state index in [0.29, 0.717) is 22.7 Å². The molecule has 2 unspecified atom stereocenters. The van der Waals surface area contributed by atoms with Crippen LogP contribution in [0, 0.1) is 5.92 Å². The standard InChI is InChI=1S/C13H19ClN2O/c14-10-5-6-13(11(15)7-10)16-12-4-2-1-3-9(12)8-17/h5-7,9,12,16-17H,1-4,8,15H2. The van der Waals surface area contributed by atoms with Crippen molar-refractivity contribution in [1.82, 2.24) is 0 Å². The van der Waals surface area contributed by atoms with E-state index < -0.39 is 0 Å². The van der Waals surface area contributed by atoms with Crippen LogP contribution >= 0.6 is 11.6 Å². The maximum absolute atomic E-state index is 9.36. The van der Waals surface area contributed by atoms with E-state index in [0.717, 1.165) is 18.5 Å². The molecule has 0 aromatic heterocycles. The Labute approximate surface area is 107 Å². The molecular formula is C13H19ClN2O. The summed E-state index contributed by atoms with van der Waals surface area (Å²) in [6.45, 7) is 0.241. The van der Waals surface area contributed by atoms with Gasteiger partial charge in [-0.3, -0.25) is 0 Å². The molecule has 1 saturated carbocycles. The number of hydrogen-bond donors (Lipinski definition) is 3. The first-order valence-electron chi connectivity index (χ1n) is 6.13. The molecule has 1 aromatic carbocycles. The molecule has 0 heterocycles. The van der Waals surface area contributed by atoms with Crippen molar-refractivity contribution in [1.29, 1.82) is 0 Å². The van der Waals surface area contributed by atoms with Crippen LogP contribution in [-0.4, -0.2) is 17.8 Å². The van der Waals surface area contributed by atoms with Crippen molar-refractivity contribution in [2.45, 2.75) is 31.7 Å². The summed E-state index contributed by atoms with van der Waals surface area (Å²) >= 11 is 5.87. The van der Waals surface area contributed by atoms with E-state index in [4.69, 9.17) is 17.3 Å². The third kappa shape index (κ3) is 3.05. The van der Waals surface area contributed by atoms with E-state index in [1.165, 1.54) is 12.8 Å². The highest BCUT2D eigenvalue weighted by Gasteiger charge is 2.24. The Morgan fingerprint density at radius 3 is 2.82 bits per heavy atom. The van der Waals surface area contributed by atoms with Crippen LogP contribution in [0.4, 0.5) is 11.4 Å². The first kappa shape index (κ1) is 12.5. The summed E-state index contributed by atoms with van der Waals surface area (Å²) in [4.78, 5) is 0. The van der Waals surface area contributed by atoms with Gasteiger partial charge in [0.25, 0.3) is 0 Å². The average molecular weight is 255 g/mol. The Bertz CT molecular complexity index is 384. The van der Waals surface area contributed by atoms with E-state index in [1.807, 2.05) is 12.1 Å². The van der Waals surface area contributed by atoms with E-state index in [-0.39, 0.29) is 6.61 Å². The van der Waals surface area contributed by atoms with E-state index in [1.54, 1.807) is 6.07 Å². The van der Waals surface area contributed by atoms with Gasteiger partial charge in [-0.25, -0.2) is 0 Å². The first-order chi connectivity index (χ1) is 8.20. The Hall–Kier alpha value is -0.930. The lowest BCUT2D eigenvalue weighted by molar-refractivity contribution is 0.178. The Kier molecular flexibility index (Phi) is 4.13. The lowest BCUT2D eigenvalue weighted by Crippen LogP contribution is -2.34. The summed E-state index contributed by atoms with van der Waals surface area (Å²) in [5.74, 6) is 0.332. The van der Waals surface area contributed by atoms with Gasteiger partial charge in [0.2, 0.25) is 0 Å². The Morgan fingerprint density at radius 2 is 2.12 bits per heavy atom. The minimum atomic E-state index is 0.241. The highest BCUT2D eigenvalue weighted by Crippen LogP contribution is 2.30. The fourth-order valence-corrected chi connectivity index (χ4v) is 2.66. The fourth-order valence-electron chi connectivity index (χ4n) is 2.48. The molecule has 0 spiro atoms. The van der Waals surface area contributed by atoms with Crippen molar-refractivity contribution in [3.63, 3.8) is 0 Å². The topological polar surface area (TPSA) is 58.3 Å². The highest BCUT2D eigenvalue weighted by atomic mass is 35.5. The molecule has 17 heavy (non-hydrogen) atoms. The van der Waals surface area contributed by atoms with Crippen molar-refractivity contribution in [2.24, 2.45) is 5.92 Å². The van der Waals surface area contributed by atoms with Gasteiger partial charge in [-0.05, 0) is 31.0 Å². The molecule has 4 N–H and O–H groups in total. The largest absolute Gasteiger partial charge is 0.397 e. The lowest BCUT2D eigenvalue weighted by Gasteiger charge is -2.32. The zero-order chi connectivity index (χ0) is 12.3. The quantitative estimate of drug-likeness (QED) is 0.727. The summed E-state index contributed by atoms with van der Waals surface area (Å²) in [5.41, 5.74) is 7.50. The number of aliphatic hydroxyl groups excluding tert-OH is 1. The molecule has 1 fully saturated rings. The van der Waals surface area contributed by atoms with Gasteiger partial charge in [0.15, 0.2) is 0 Å². The molecule has 2 rings (SSSR count). The van der Waals surface area contributed by atoms with Gasteiger partial charge in [-0.2, -0.15) is 0 Å². The monoisotopic (exact) mass is 254 g/mol. The first-order valence-corrected chi connectivity index (χ1v) is 6.51. The van der Waals surface area contributed by atoms with Crippen LogP contribution in [0.25, 0.3) is 0 Å². The molecule has 94 valence electrons. The number of anilines is 2. The maximum atomic E-state index is 9.36. The van der Waals surface area contributed by atoms with Gasteiger partial charge < -0.3 is 16.2 Å². The van der Waals surface area contributed by atoms with Gasteiger partial charge in [0.1, 0.15) is 0 Å². The molecule has 4 heteroatoms. The minimum Gasteiger partial charge on any atom is -0.397 e. The van der Waals surface area contributed by atoms with Crippen LogP contribution in [0.3, 0.4) is 0 Å². The summed E-state index contributed by atoms with van der Waals surface area (Å²) in [7, 11) is 0. The number of nitrogen functional groups attached to an aromatic ring is 1. The number of nitrogens with one attached hydrogen (secondary N) is 1. The molecule has 1 aromatic rings. The van der Waals surface area contributed by atoms with E-state index in [9.17, 15) is 5.11 Å². The van der Waals surface area contributed by atoms with E-state index in [2.05, 4.69) is 5.32 Å². The van der Waals surface area contributed by atoms with Gasteiger partial charge in [-0.1, -0.05) is 24.4 Å². The predicted octanol–water partition coefficient (Wildman–Crippen LogP) is 2.89. The number of hydrogen-bond acceptors (Lipinski definition) is 3. The third-order valence-corrected chi connectivity index (χ3v) is 3.73. The molecule has 1 aliphatic carbocycles. The second kappa shape index (κ2) is 5.61. The molecule has 0 aliphatic heterocycles. The van der Waals surface area contributed by atoms with Crippen LogP contribution in [-0.2, 0) is 0 Å². The van der Waals surface area contributed by atoms with Crippen molar-refractivity contribution in [2.75, 3.05) is 17.7 Å². The molecule has 1 aliphatic rings. The van der Waals surface area contributed by atoms with Crippen LogP contribution in [0.1, 0.15) is 25.7 Å². The van der Waals surface area contributed by atoms with Gasteiger partial charge in [0, 0.05) is 23.6 Å². The normalized spacial score (nSPS) is 24.6. The van der Waals surface area contributed by atoms with Crippen LogP contribution in [0.2, 0.25) is 5.02 Å². The number of rotatable bonds is 3. The van der Waals surface area contributed by atoms with Crippen LogP contribution in [0.15, 0.2) is 18.2 Å². The van der Waals surface area contributed by atoms with Crippen molar-refractivity contribution in [3.8, 4) is 0 Å². The highest BCUT2D eigenvalue weighted by molar-refractivity contribution is 6.31. The number of nitrogens with two attached hydrogens (primary N) is 1. The second-order valence-corrected chi connectivity index (χ2v) is 5.15. The second-order valence-electron chi connectivity index (χ2n) is 4.71. The third-order valence-electron chi connectivity index (χ3n) is 3.50. The summed E-state index contributed by atoms with van der Waals surface area (Å²) < 4.78 is 0. The molecule has 0 amide bonds. The van der Waals surface area contributed by atoms with Crippen LogP contribution in [0.5, 0.6) is 0 Å². The lowest BCUT2D eigenvalue weighted by atomic mass is 9.85. The zero-order valence-corrected chi connectivity index (χ0v) is 10.6. The minimum absolute atomic E-state index is 0.241. The summed E-state index contributed by atoms with van der Waals surface area (Å²) in [6, 6.07) is 5.80. The SMILES string of the molecule is Nc1cc(Cl)ccc1NC1CCCCC1CO. The number of halogens is 1. The van der Waals surface area contributed by atoms with Gasteiger partial charge in [0.05, 0.1) is 11.4 Å². The van der Waals surface area contributed by atoms with Gasteiger partial charge >= 0.3 is 0 Å². The van der Waals surface area contributed by atoms with Crippen molar-refractivity contribution in [3.05, 3.63) is 23.2 Å². The average Bonchev–Trinajstić information content (AvgIpc) is 2.33. The molecule has 0 radical (unpaired) electrons. The smallest absolute Gasteiger partial charge is 0.0577 e. The van der Waals surface area contributed by atoms with Gasteiger partial charge in [-0.15, -0.1) is 0 Å². The number of aliphatic hydroxyl groups is 1. The summed E-state index contributed by atoms with van der Waals surface area (Å²) in [6.07, 6.45) is 4.59. The molecule has 0 saturated heterocycles. The Morgan fingerprint density at radius 1 is 1.35 bits per heavy atom. The fraction of sp³-hybridized carbons (Fsp3) is 0.538. The maximum Gasteiger partial charge on any atom is 0.0577 e. The zero-order valence-electron chi connectivity index (χ0n) is 9.82. The van der Waals surface area contributed by atoms with E-state index >= 15 is 0 Å². The van der Waals surface area contributed by atoms with Crippen LogP contribution < -0.4 is 11.1 Å². The van der Waals surface area contributed by atoms with Crippen molar-refractivity contribution >= 4 is 23.0 Å². The molecule has 2 atom stereocenters. The molecular weight excluding hydrogens is 236 g/mol. The number of benzene rings is 1. The summed E-state index contributed by atoms with van der Waals surface area (Å²) in [5, 5.41) is 13.4. The predicted molar refractivity (Wildman–Crippen MR) is 72.3 cm³/mol. The molecule has 0 bridgehead atoms. The molecule has 3 nitrogen and oxygen atoms in total. The van der Waals surface area contributed by atoms with Crippen molar-refractivity contribution < 1.29 is 5.11 Å². The Balaban J connectivity index is 2.08.